The summed E-state index contributed by atoms with van der Waals surface area (Å²) in [6.07, 6.45) is -2.84. The monoisotopic (exact) mass is 784 g/mol. The quantitative estimate of drug-likeness (QED) is 0.133. The van der Waals surface area contributed by atoms with Crippen LogP contribution in [-0.4, -0.2) is 58.6 Å². The predicted molar refractivity (Wildman–Crippen MR) is 205 cm³/mol. The Bertz CT molecular complexity index is 1780. The van der Waals surface area contributed by atoms with E-state index in [4.69, 9.17) is 18.9 Å². The number of hydrogen-bond acceptors (Lipinski definition) is 5. The molecular formula is C45H44O5Sn. The van der Waals surface area contributed by atoms with Crippen molar-refractivity contribution in [1.82, 2.24) is 0 Å². The van der Waals surface area contributed by atoms with E-state index in [2.05, 4.69) is 84.9 Å². The first-order valence-corrected chi connectivity index (χ1v) is 23.6. The van der Waals surface area contributed by atoms with E-state index in [9.17, 15) is 5.11 Å². The average molecular weight is 784 g/mol. The second-order valence-electron chi connectivity index (χ2n) is 13.0. The molecule has 0 aromatic heterocycles. The Labute approximate surface area is 305 Å². The summed E-state index contributed by atoms with van der Waals surface area (Å²) in [6.45, 7) is 1.36. The van der Waals surface area contributed by atoms with Gasteiger partial charge in [-0.05, 0) is 0 Å². The third-order valence-electron chi connectivity index (χ3n) is 9.74. The van der Waals surface area contributed by atoms with Crippen LogP contribution in [0.2, 0.25) is 0 Å². The van der Waals surface area contributed by atoms with E-state index >= 15 is 0 Å². The van der Waals surface area contributed by atoms with Gasteiger partial charge in [0, 0.05) is 0 Å². The molecule has 258 valence electrons. The fourth-order valence-electron chi connectivity index (χ4n) is 7.31. The van der Waals surface area contributed by atoms with E-state index < -0.39 is 46.9 Å². The van der Waals surface area contributed by atoms with Crippen LogP contribution in [-0.2, 0) is 38.8 Å². The molecule has 7 rings (SSSR count). The van der Waals surface area contributed by atoms with Gasteiger partial charge in [-0.15, -0.1) is 0 Å². The minimum atomic E-state index is -4.31. The molecule has 1 aliphatic rings. The molecule has 0 amide bonds. The Morgan fingerprint density at radius 2 is 0.804 bits per heavy atom. The molecule has 5 atom stereocenters. The van der Waals surface area contributed by atoms with Crippen LogP contribution >= 0.6 is 0 Å². The van der Waals surface area contributed by atoms with Crippen LogP contribution in [0.25, 0.3) is 0 Å². The van der Waals surface area contributed by atoms with Crippen molar-refractivity contribution in [3.8, 4) is 0 Å². The molecule has 0 unspecified atom stereocenters. The molecule has 6 heteroatoms. The third-order valence-corrected chi connectivity index (χ3v) is 24.2. The summed E-state index contributed by atoms with van der Waals surface area (Å²) >= 11 is -4.31. The van der Waals surface area contributed by atoms with Crippen molar-refractivity contribution in [1.29, 1.82) is 0 Å². The molecule has 0 radical (unpaired) electrons. The molecule has 1 aliphatic heterocycles. The van der Waals surface area contributed by atoms with Crippen molar-refractivity contribution in [2.24, 2.45) is 0 Å². The van der Waals surface area contributed by atoms with Gasteiger partial charge in [-0.25, -0.2) is 0 Å². The van der Waals surface area contributed by atoms with Crippen molar-refractivity contribution in [2.75, 3.05) is 6.61 Å². The van der Waals surface area contributed by atoms with Gasteiger partial charge < -0.3 is 0 Å². The summed E-state index contributed by atoms with van der Waals surface area (Å²) in [4.78, 5) is 0. The van der Waals surface area contributed by atoms with Crippen LogP contribution < -0.4 is 10.7 Å². The fourth-order valence-corrected chi connectivity index (χ4v) is 22.2. The second kappa shape index (κ2) is 17.4. The number of hydrogen-bond donors (Lipinski definition) is 1. The van der Waals surface area contributed by atoms with Gasteiger partial charge in [0.05, 0.1) is 0 Å². The van der Waals surface area contributed by atoms with Crippen LogP contribution in [0.5, 0.6) is 0 Å². The van der Waals surface area contributed by atoms with Crippen LogP contribution in [0, 0.1) is 0 Å². The van der Waals surface area contributed by atoms with Crippen LogP contribution in [0.1, 0.15) is 16.7 Å². The summed E-state index contributed by atoms with van der Waals surface area (Å²) < 4.78 is 30.5. The summed E-state index contributed by atoms with van der Waals surface area (Å²) in [7, 11) is 0. The first-order chi connectivity index (χ1) is 25.2. The zero-order valence-electron chi connectivity index (χ0n) is 28.6. The zero-order chi connectivity index (χ0) is 34.7. The molecule has 1 saturated heterocycles. The number of rotatable bonds is 14. The number of aliphatic hydroxyl groups excluding tert-OH is 1. The molecular weight excluding hydrogens is 739 g/mol. The third kappa shape index (κ3) is 8.20. The topological polar surface area (TPSA) is 57.2 Å². The van der Waals surface area contributed by atoms with E-state index in [0.717, 1.165) is 16.7 Å². The molecule has 0 aliphatic carbocycles. The van der Waals surface area contributed by atoms with E-state index in [1.165, 1.54) is 10.7 Å². The number of ether oxygens (including phenoxy) is 4. The van der Waals surface area contributed by atoms with Crippen LogP contribution in [0.3, 0.4) is 0 Å². The summed E-state index contributed by atoms with van der Waals surface area (Å²) in [5, 5.41) is 12.9. The fraction of sp³-hybridized carbons (Fsp3) is 0.200. The van der Waals surface area contributed by atoms with Crippen molar-refractivity contribution < 1.29 is 24.1 Å². The molecule has 1 fully saturated rings. The molecule has 51 heavy (non-hydrogen) atoms. The van der Waals surface area contributed by atoms with Gasteiger partial charge in [-0.1, -0.05) is 0 Å². The van der Waals surface area contributed by atoms with Gasteiger partial charge in [0.2, 0.25) is 0 Å². The van der Waals surface area contributed by atoms with Crippen molar-refractivity contribution in [2.45, 2.75) is 48.4 Å². The van der Waals surface area contributed by atoms with E-state index in [0.29, 0.717) is 19.8 Å². The summed E-state index contributed by atoms with van der Waals surface area (Å²) in [5.41, 5.74) is 3.14. The van der Waals surface area contributed by atoms with Crippen molar-refractivity contribution in [3.63, 3.8) is 0 Å². The Kier molecular flexibility index (Phi) is 12.1. The van der Waals surface area contributed by atoms with Gasteiger partial charge in [0.15, 0.2) is 0 Å². The first-order valence-electron chi connectivity index (χ1n) is 17.7. The molecule has 0 spiro atoms. The molecule has 0 bridgehead atoms. The molecule has 1 N–H and O–H groups in total. The Hall–Kier alpha value is -4.08. The number of aliphatic hydroxyl groups is 1. The SMILES string of the molecule is O[C@@H]1[C@@H](OCc2ccccc2)[C@H](OCc2ccccc2)[C@@H](COCc2ccccc2)O[C@H]1[Sn]([c]1ccccc1)([c]1ccccc1)[c]1ccccc1. The summed E-state index contributed by atoms with van der Waals surface area (Å²) in [6, 6.07) is 62.4. The Morgan fingerprint density at radius 1 is 0.451 bits per heavy atom. The number of benzene rings is 6. The van der Waals surface area contributed by atoms with E-state index in [-0.39, 0.29) is 6.61 Å². The van der Waals surface area contributed by atoms with Crippen LogP contribution in [0.15, 0.2) is 182 Å². The zero-order valence-corrected chi connectivity index (χ0v) is 31.5. The van der Waals surface area contributed by atoms with Crippen molar-refractivity contribution >= 4 is 29.1 Å². The first kappa shape index (κ1) is 35.3. The van der Waals surface area contributed by atoms with Gasteiger partial charge in [0.25, 0.3) is 0 Å². The van der Waals surface area contributed by atoms with Crippen LogP contribution in [0.4, 0.5) is 0 Å². The standard InChI is InChI=1S/C27H29O5.3C6H5.Sn/c28-24-19-30-25(20-29-16-21-10-4-1-5-11-21)27(32-18-23-14-8-3-9-15-23)26(24)31-17-22-12-6-2-7-13-22;3*1-2-4-6-5-3-1;/h1-15,19,24-28H,16-18,20H2;3*1-5H;/t24-,25+,26+,27+;;;;/m0..../s1. The average Bonchev–Trinajstić information content (AvgIpc) is 3.20. The maximum atomic E-state index is 12.9. The second-order valence-corrected chi connectivity index (χ2v) is 24.2. The Balaban J connectivity index is 1.34. The van der Waals surface area contributed by atoms with Gasteiger partial charge in [-0.3, -0.25) is 0 Å². The normalized spacial score (nSPS) is 20.5. The molecule has 1 heterocycles. The molecule has 0 saturated carbocycles. The molecule has 6 aromatic carbocycles. The molecule has 5 nitrogen and oxygen atoms in total. The predicted octanol–water partition coefficient (Wildman–Crippen LogP) is 6.21. The minimum absolute atomic E-state index is 0.267. The Morgan fingerprint density at radius 3 is 1.22 bits per heavy atom. The maximum absolute atomic E-state index is 12.9. The van der Waals surface area contributed by atoms with E-state index in [1.54, 1.807) is 0 Å². The van der Waals surface area contributed by atoms with Gasteiger partial charge in [0.1, 0.15) is 0 Å². The van der Waals surface area contributed by atoms with Gasteiger partial charge in [-0.2, -0.15) is 0 Å². The molecule has 6 aromatic rings. The van der Waals surface area contributed by atoms with Gasteiger partial charge >= 0.3 is 307 Å². The van der Waals surface area contributed by atoms with Crippen molar-refractivity contribution in [3.05, 3.63) is 199 Å². The summed E-state index contributed by atoms with van der Waals surface area (Å²) in [5.74, 6) is 0. The van der Waals surface area contributed by atoms with E-state index in [1.807, 2.05) is 97.1 Å².